The van der Waals surface area contributed by atoms with Crippen LogP contribution in [0.2, 0.25) is 0 Å². The van der Waals surface area contributed by atoms with Crippen molar-refractivity contribution in [3.05, 3.63) is 23.8 Å². The van der Waals surface area contributed by atoms with Crippen molar-refractivity contribution in [2.24, 2.45) is 5.73 Å². The van der Waals surface area contributed by atoms with Crippen LogP contribution in [0.3, 0.4) is 0 Å². The maximum absolute atomic E-state index is 11.9. The van der Waals surface area contributed by atoms with Gasteiger partial charge in [0.15, 0.2) is 11.5 Å². The number of carbonyl (C=O) groups is 2. The van der Waals surface area contributed by atoms with Crippen molar-refractivity contribution in [2.45, 2.75) is 12.8 Å². The third-order valence-electron chi connectivity index (χ3n) is 2.77. The Morgan fingerprint density at radius 2 is 1.88 bits per heavy atom. The van der Waals surface area contributed by atoms with Crippen LogP contribution in [0.1, 0.15) is 23.2 Å². The molecule has 1 aromatic rings. The molecule has 0 heterocycles. The Balaban J connectivity index is 2.51. The number of unbranched alkanes of at least 4 members (excludes halogenated alkanes) is 1. The minimum atomic E-state index is -0.629. The van der Waals surface area contributed by atoms with E-state index < -0.39 is 11.9 Å². The molecule has 0 aliphatic heterocycles. The van der Waals surface area contributed by atoms with Gasteiger partial charge in [0, 0.05) is 0 Å². The molecule has 10 nitrogen and oxygen atoms in total. The molecule has 0 spiro atoms. The van der Waals surface area contributed by atoms with Gasteiger partial charge < -0.3 is 19.9 Å². The maximum Gasteiger partial charge on any atom is 0.338 e. The first-order valence-corrected chi connectivity index (χ1v) is 7.04. The van der Waals surface area contributed by atoms with Crippen LogP contribution >= 0.6 is 0 Å². The number of methoxy groups -OCH3 is 1. The molecule has 10 heteroatoms. The summed E-state index contributed by atoms with van der Waals surface area (Å²) in [4.78, 5) is 27.5. The first-order valence-electron chi connectivity index (χ1n) is 7.04. The zero-order valence-corrected chi connectivity index (χ0v) is 13.1. The highest BCUT2D eigenvalue weighted by molar-refractivity contribution is 5.90. The molecule has 0 unspecified atom stereocenters. The van der Waals surface area contributed by atoms with Crippen LogP contribution in [0.15, 0.2) is 18.2 Å². The van der Waals surface area contributed by atoms with Crippen LogP contribution in [0.4, 0.5) is 0 Å². The lowest BCUT2D eigenvalue weighted by atomic mass is 10.2. The quantitative estimate of drug-likeness (QED) is 0.238. The van der Waals surface area contributed by atoms with Gasteiger partial charge in [-0.15, -0.1) is 0 Å². The summed E-state index contributed by atoms with van der Waals surface area (Å²) >= 11 is 0. The fraction of sp³-hybridized carbons (Fsp3) is 0.429. The molecule has 0 saturated carbocycles. The summed E-state index contributed by atoms with van der Waals surface area (Å²) in [6.45, 7) is -0.0775. The van der Waals surface area contributed by atoms with Crippen molar-refractivity contribution in [3.63, 3.8) is 0 Å². The molecule has 0 aliphatic carbocycles. The van der Waals surface area contributed by atoms with E-state index in [0.717, 1.165) is 0 Å². The van der Waals surface area contributed by atoms with Crippen molar-refractivity contribution >= 4 is 11.9 Å². The topological polar surface area (TPSA) is 141 Å². The van der Waals surface area contributed by atoms with Gasteiger partial charge >= 0.3 is 11.9 Å². The first kappa shape index (κ1) is 19.8. The minimum Gasteiger partial charge on any atom is -0.493 e. The van der Waals surface area contributed by atoms with Gasteiger partial charge in [0.25, 0.3) is 0 Å². The summed E-state index contributed by atoms with van der Waals surface area (Å²) in [5.41, 5.74) is 5.40. The smallest absolute Gasteiger partial charge is 0.338 e. The van der Waals surface area contributed by atoms with Crippen LogP contribution in [-0.2, 0) is 14.4 Å². The van der Waals surface area contributed by atoms with Crippen LogP contribution in [0.25, 0.3) is 0 Å². The van der Waals surface area contributed by atoms with Gasteiger partial charge in [0.2, 0.25) is 0 Å². The number of nitrogens with two attached hydrogens (primary N) is 1. The van der Waals surface area contributed by atoms with Crippen molar-refractivity contribution in [1.82, 2.24) is 5.39 Å². The Morgan fingerprint density at radius 1 is 1.17 bits per heavy atom. The van der Waals surface area contributed by atoms with Crippen LogP contribution < -0.4 is 15.2 Å². The molecule has 0 bridgehead atoms. The number of ether oxygens (including phenoxy) is 3. The molecular weight excluding hydrogens is 324 g/mol. The van der Waals surface area contributed by atoms with Gasteiger partial charge in [0.1, 0.15) is 0 Å². The summed E-state index contributed by atoms with van der Waals surface area (Å²) in [6, 6.07) is 4.23. The lowest BCUT2D eigenvalue weighted by molar-refractivity contribution is -0.492. The van der Waals surface area contributed by atoms with Gasteiger partial charge in [-0.2, -0.15) is 0 Å². The molecule has 0 aliphatic rings. The fourth-order valence-corrected chi connectivity index (χ4v) is 1.64. The fourth-order valence-electron chi connectivity index (χ4n) is 1.64. The second-order valence-corrected chi connectivity index (χ2v) is 4.47. The summed E-state index contributed by atoms with van der Waals surface area (Å²) in [6.07, 6.45) is 0.936. The van der Waals surface area contributed by atoms with E-state index in [1.54, 1.807) is 0 Å². The number of esters is 2. The van der Waals surface area contributed by atoms with E-state index in [0.29, 0.717) is 12.8 Å². The van der Waals surface area contributed by atoms with Crippen LogP contribution in [-0.4, -0.2) is 54.6 Å². The van der Waals surface area contributed by atoms with Gasteiger partial charge in [-0.05, 0) is 31.0 Å². The van der Waals surface area contributed by atoms with Crippen molar-refractivity contribution in [2.75, 3.05) is 26.9 Å². The zero-order valence-electron chi connectivity index (χ0n) is 13.1. The number of carbonyl (C=O) groups excluding carboxylic acids is 2. The van der Waals surface area contributed by atoms with E-state index >= 15 is 0 Å². The molecule has 134 valence electrons. The van der Waals surface area contributed by atoms with E-state index in [1.807, 2.05) is 0 Å². The standard InChI is InChI=1S/C14H20N2O8/c1-21-12-8-10(4-5-11(12)24-13(17)9-15)14(18)22-6-2-3-7-23-16(19)20/h4-5,8,19-20H,2-3,6-7,9,15H2,1H3. The predicted octanol–water partition coefficient (Wildman–Crippen LogP) is 0.508. The molecule has 0 saturated heterocycles. The average Bonchev–Trinajstić information content (AvgIpc) is 2.57. The summed E-state index contributed by atoms with van der Waals surface area (Å²) in [5, 5.41) is 16.3. The van der Waals surface area contributed by atoms with E-state index in [4.69, 9.17) is 30.4 Å². The van der Waals surface area contributed by atoms with Gasteiger partial charge in [-0.25, -0.2) is 4.79 Å². The van der Waals surface area contributed by atoms with E-state index in [-0.39, 0.29) is 42.2 Å². The lowest BCUT2D eigenvalue weighted by Crippen LogP contribution is -2.19. The second kappa shape index (κ2) is 10.5. The molecule has 1 aromatic carbocycles. The number of nitrogens with zero attached hydrogens (tertiary/aromatic N) is 1. The monoisotopic (exact) mass is 344 g/mol. The summed E-state index contributed by atoms with van der Waals surface area (Å²) in [7, 11) is 1.37. The number of benzene rings is 1. The van der Waals surface area contributed by atoms with Crippen molar-refractivity contribution in [3.8, 4) is 11.5 Å². The molecular formula is C14H20N2O8. The number of rotatable bonds is 10. The second-order valence-electron chi connectivity index (χ2n) is 4.47. The highest BCUT2D eigenvalue weighted by Crippen LogP contribution is 2.28. The van der Waals surface area contributed by atoms with Gasteiger partial charge in [0.05, 0.1) is 37.8 Å². The Bertz CT molecular complexity index is 550. The summed E-state index contributed by atoms with van der Waals surface area (Å²) in [5.74, 6) is -0.850. The van der Waals surface area contributed by atoms with Crippen molar-refractivity contribution in [1.29, 1.82) is 0 Å². The predicted molar refractivity (Wildman–Crippen MR) is 78.6 cm³/mol. The Hall–Kier alpha value is -2.24. The molecule has 24 heavy (non-hydrogen) atoms. The number of hydrogen-bond donors (Lipinski definition) is 3. The largest absolute Gasteiger partial charge is 0.493 e. The first-order chi connectivity index (χ1) is 11.5. The van der Waals surface area contributed by atoms with E-state index in [1.165, 1.54) is 25.3 Å². The Kier molecular flexibility index (Phi) is 8.68. The molecule has 0 radical (unpaired) electrons. The Labute approximate surface area is 138 Å². The third kappa shape index (κ3) is 6.89. The molecule has 0 atom stereocenters. The maximum atomic E-state index is 11.9. The molecule has 4 N–H and O–H groups in total. The average molecular weight is 344 g/mol. The molecule has 0 fully saturated rings. The molecule has 1 rings (SSSR count). The third-order valence-corrected chi connectivity index (χ3v) is 2.77. The van der Waals surface area contributed by atoms with Gasteiger partial charge in [-0.3, -0.25) is 20.0 Å². The SMILES string of the molecule is COc1cc(C(=O)OCCCCON(O)O)ccc1OC(=O)CN. The number of hydrogen-bond acceptors (Lipinski definition) is 10. The minimum absolute atomic E-state index is 0.0690. The highest BCUT2D eigenvalue weighted by atomic mass is 17.1. The summed E-state index contributed by atoms with van der Waals surface area (Å²) < 4.78 is 15.1. The molecule has 0 amide bonds. The van der Waals surface area contributed by atoms with E-state index in [9.17, 15) is 9.59 Å². The highest BCUT2D eigenvalue weighted by Gasteiger charge is 2.14. The molecule has 0 aromatic heterocycles. The van der Waals surface area contributed by atoms with E-state index in [2.05, 4.69) is 4.84 Å². The van der Waals surface area contributed by atoms with Crippen LogP contribution in [0, 0.1) is 0 Å². The van der Waals surface area contributed by atoms with Crippen molar-refractivity contribution < 1.29 is 39.1 Å². The lowest BCUT2D eigenvalue weighted by Gasteiger charge is -2.10. The van der Waals surface area contributed by atoms with Crippen LogP contribution in [0.5, 0.6) is 11.5 Å². The van der Waals surface area contributed by atoms with Gasteiger partial charge in [-0.1, -0.05) is 0 Å². The Morgan fingerprint density at radius 3 is 2.50 bits per heavy atom. The normalized spacial score (nSPS) is 10.5. The zero-order chi connectivity index (χ0) is 17.9.